The average molecular weight is 256 g/mol. The van der Waals surface area contributed by atoms with Gasteiger partial charge in [-0.15, -0.1) is 0 Å². The lowest BCUT2D eigenvalue weighted by Crippen LogP contribution is -2.31. The third-order valence-corrected chi connectivity index (χ3v) is 3.92. The number of benzene rings is 1. The van der Waals surface area contributed by atoms with Crippen LogP contribution < -0.4 is 11.1 Å². The summed E-state index contributed by atoms with van der Waals surface area (Å²) in [5.41, 5.74) is 7.02. The number of fused-ring (bicyclic) bond motifs is 1. The molecule has 0 bridgehead atoms. The number of hydrogen-bond acceptors (Lipinski definition) is 4. The Bertz CT molecular complexity index is 549. The first kappa shape index (κ1) is 12.4. The Hall–Kier alpha value is -1.68. The van der Waals surface area contributed by atoms with Crippen LogP contribution in [-0.2, 0) is 0 Å². The molecular formula is C15H20N4. The highest BCUT2D eigenvalue weighted by atomic mass is 15.0. The number of rotatable bonds is 3. The van der Waals surface area contributed by atoms with E-state index in [0.717, 1.165) is 29.7 Å². The Labute approximate surface area is 113 Å². The summed E-state index contributed by atoms with van der Waals surface area (Å²) in [5.74, 6) is 1.60. The first-order valence-corrected chi connectivity index (χ1v) is 7.02. The second-order valence-corrected chi connectivity index (χ2v) is 5.41. The van der Waals surface area contributed by atoms with Gasteiger partial charge in [0.25, 0.3) is 0 Å². The van der Waals surface area contributed by atoms with Crippen LogP contribution in [0.2, 0.25) is 0 Å². The van der Waals surface area contributed by atoms with E-state index in [0.29, 0.717) is 12.0 Å². The molecule has 1 fully saturated rings. The van der Waals surface area contributed by atoms with E-state index in [2.05, 4.69) is 21.4 Å². The molecule has 4 heteroatoms. The summed E-state index contributed by atoms with van der Waals surface area (Å²) in [6.45, 7) is 0.953. The molecule has 19 heavy (non-hydrogen) atoms. The fourth-order valence-electron chi connectivity index (χ4n) is 2.90. The van der Waals surface area contributed by atoms with E-state index in [1.165, 1.54) is 19.3 Å². The summed E-state index contributed by atoms with van der Waals surface area (Å²) in [6, 6.07) is 8.47. The molecule has 1 aliphatic rings. The van der Waals surface area contributed by atoms with Crippen molar-refractivity contribution in [2.75, 3.05) is 11.9 Å². The Morgan fingerprint density at radius 2 is 2.11 bits per heavy atom. The lowest BCUT2D eigenvalue weighted by Gasteiger charge is -2.26. The third kappa shape index (κ3) is 2.84. The SMILES string of the molecule is NC1CCCC(CNc2ncnc3ccccc23)C1. The summed E-state index contributed by atoms with van der Waals surface area (Å²) in [4.78, 5) is 8.63. The zero-order chi connectivity index (χ0) is 13.1. The van der Waals surface area contributed by atoms with E-state index in [-0.39, 0.29) is 0 Å². The van der Waals surface area contributed by atoms with Gasteiger partial charge in [-0.05, 0) is 37.3 Å². The molecule has 0 saturated heterocycles. The second-order valence-electron chi connectivity index (χ2n) is 5.41. The molecule has 2 aromatic rings. The molecule has 3 N–H and O–H groups in total. The van der Waals surface area contributed by atoms with Crippen molar-refractivity contribution in [3.05, 3.63) is 30.6 Å². The van der Waals surface area contributed by atoms with Gasteiger partial charge in [-0.3, -0.25) is 0 Å². The van der Waals surface area contributed by atoms with Gasteiger partial charge >= 0.3 is 0 Å². The lowest BCUT2D eigenvalue weighted by molar-refractivity contribution is 0.335. The zero-order valence-corrected chi connectivity index (χ0v) is 11.0. The molecule has 100 valence electrons. The van der Waals surface area contributed by atoms with Crippen LogP contribution in [0.15, 0.2) is 30.6 Å². The molecule has 1 aromatic carbocycles. The smallest absolute Gasteiger partial charge is 0.137 e. The van der Waals surface area contributed by atoms with Crippen LogP contribution in [0.3, 0.4) is 0 Å². The number of hydrogen-bond donors (Lipinski definition) is 2. The molecule has 0 spiro atoms. The fraction of sp³-hybridized carbons (Fsp3) is 0.467. The van der Waals surface area contributed by atoms with Crippen molar-refractivity contribution in [2.24, 2.45) is 11.7 Å². The molecule has 1 aliphatic carbocycles. The van der Waals surface area contributed by atoms with Gasteiger partial charge < -0.3 is 11.1 Å². The van der Waals surface area contributed by atoms with Crippen molar-refractivity contribution in [1.29, 1.82) is 0 Å². The highest BCUT2D eigenvalue weighted by Gasteiger charge is 2.19. The molecule has 4 nitrogen and oxygen atoms in total. The summed E-state index contributed by atoms with van der Waals surface area (Å²) in [7, 11) is 0. The maximum atomic E-state index is 6.03. The number of aromatic nitrogens is 2. The second kappa shape index (κ2) is 5.53. The summed E-state index contributed by atoms with van der Waals surface area (Å²) >= 11 is 0. The van der Waals surface area contributed by atoms with Crippen LogP contribution in [0.4, 0.5) is 5.82 Å². The maximum Gasteiger partial charge on any atom is 0.137 e. The predicted octanol–water partition coefficient (Wildman–Crippen LogP) is 2.56. The lowest BCUT2D eigenvalue weighted by atomic mass is 9.86. The van der Waals surface area contributed by atoms with Crippen LogP contribution in [0.1, 0.15) is 25.7 Å². The standard InChI is InChI=1S/C15H20N4/c16-12-5-3-4-11(8-12)9-17-15-13-6-1-2-7-14(13)18-10-19-15/h1-2,6-7,10-12H,3-5,8-9,16H2,(H,17,18,19). The van der Waals surface area contributed by atoms with Crippen molar-refractivity contribution >= 4 is 16.7 Å². The van der Waals surface area contributed by atoms with Gasteiger partial charge in [0, 0.05) is 18.0 Å². The number of anilines is 1. The van der Waals surface area contributed by atoms with Gasteiger partial charge in [-0.2, -0.15) is 0 Å². The van der Waals surface area contributed by atoms with Crippen LogP contribution >= 0.6 is 0 Å². The van der Waals surface area contributed by atoms with Crippen molar-refractivity contribution < 1.29 is 0 Å². The number of nitrogens with zero attached hydrogens (tertiary/aromatic N) is 2. The normalized spacial score (nSPS) is 23.4. The van der Waals surface area contributed by atoms with E-state index in [4.69, 9.17) is 5.73 Å². The zero-order valence-electron chi connectivity index (χ0n) is 11.0. The van der Waals surface area contributed by atoms with Crippen molar-refractivity contribution in [2.45, 2.75) is 31.7 Å². The maximum absolute atomic E-state index is 6.03. The molecule has 0 amide bonds. The van der Waals surface area contributed by atoms with Gasteiger partial charge in [0.15, 0.2) is 0 Å². The van der Waals surface area contributed by atoms with Gasteiger partial charge in [-0.25, -0.2) is 9.97 Å². The largest absolute Gasteiger partial charge is 0.369 e. The Morgan fingerprint density at radius 1 is 1.21 bits per heavy atom. The highest BCUT2D eigenvalue weighted by molar-refractivity contribution is 5.88. The average Bonchev–Trinajstić information content (AvgIpc) is 2.45. The van der Waals surface area contributed by atoms with Crippen molar-refractivity contribution in [3.8, 4) is 0 Å². The summed E-state index contributed by atoms with van der Waals surface area (Å²) < 4.78 is 0. The topological polar surface area (TPSA) is 63.8 Å². The third-order valence-electron chi connectivity index (χ3n) is 3.92. The van der Waals surface area contributed by atoms with Crippen LogP contribution in [-0.4, -0.2) is 22.6 Å². The van der Waals surface area contributed by atoms with Crippen LogP contribution in [0.5, 0.6) is 0 Å². The van der Waals surface area contributed by atoms with Crippen LogP contribution in [0.25, 0.3) is 10.9 Å². The summed E-state index contributed by atoms with van der Waals surface area (Å²) in [5, 5.41) is 4.56. The Kier molecular flexibility index (Phi) is 3.60. The Morgan fingerprint density at radius 3 is 3.00 bits per heavy atom. The molecule has 0 radical (unpaired) electrons. The van der Waals surface area contributed by atoms with E-state index < -0.39 is 0 Å². The number of para-hydroxylation sites is 1. The molecule has 1 saturated carbocycles. The quantitative estimate of drug-likeness (QED) is 0.886. The van der Waals surface area contributed by atoms with E-state index in [9.17, 15) is 0 Å². The monoisotopic (exact) mass is 256 g/mol. The molecule has 0 aliphatic heterocycles. The van der Waals surface area contributed by atoms with E-state index in [1.807, 2.05) is 18.2 Å². The number of nitrogens with one attached hydrogen (secondary N) is 1. The molecule has 3 rings (SSSR count). The predicted molar refractivity (Wildman–Crippen MR) is 78.0 cm³/mol. The molecule has 1 heterocycles. The minimum Gasteiger partial charge on any atom is -0.369 e. The van der Waals surface area contributed by atoms with Gasteiger partial charge in [-0.1, -0.05) is 18.6 Å². The first-order chi connectivity index (χ1) is 9.33. The van der Waals surface area contributed by atoms with Gasteiger partial charge in [0.05, 0.1) is 5.52 Å². The first-order valence-electron chi connectivity index (χ1n) is 7.02. The van der Waals surface area contributed by atoms with E-state index >= 15 is 0 Å². The van der Waals surface area contributed by atoms with Crippen molar-refractivity contribution in [3.63, 3.8) is 0 Å². The minimum absolute atomic E-state index is 0.377. The molecule has 2 atom stereocenters. The van der Waals surface area contributed by atoms with Gasteiger partial charge in [0.2, 0.25) is 0 Å². The molecule has 1 aromatic heterocycles. The Balaban J connectivity index is 1.71. The van der Waals surface area contributed by atoms with Crippen LogP contribution in [0, 0.1) is 5.92 Å². The molecule has 2 unspecified atom stereocenters. The van der Waals surface area contributed by atoms with Crippen molar-refractivity contribution in [1.82, 2.24) is 9.97 Å². The van der Waals surface area contributed by atoms with E-state index in [1.54, 1.807) is 6.33 Å². The highest BCUT2D eigenvalue weighted by Crippen LogP contribution is 2.24. The van der Waals surface area contributed by atoms with Gasteiger partial charge in [0.1, 0.15) is 12.1 Å². The fourth-order valence-corrected chi connectivity index (χ4v) is 2.90. The summed E-state index contributed by atoms with van der Waals surface area (Å²) in [6.07, 6.45) is 6.43. The minimum atomic E-state index is 0.377. The molecular weight excluding hydrogens is 236 g/mol. The number of nitrogens with two attached hydrogens (primary N) is 1.